The average molecular weight is 305 g/mol. The van der Waals surface area contributed by atoms with Gasteiger partial charge in [-0.3, -0.25) is 9.59 Å². The summed E-state index contributed by atoms with van der Waals surface area (Å²) in [7, 11) is 0. The first-order chi connectivity index (χ1) is 10.6. The van der Waals surface area contributed by atoms with Crippen LogP contribution in [0.25, 0.3) is 0 Å². The molecule has 0 saturated heterocycles. The van der Waals surface area contributed by atoms with Crippen molar-refractivity contribution in [2.24, 2.45) is 0 Å². The summed E-state index contributed by atoms with van der Waals surface area (Å²) in [5.74, 6) is -0.150. The van der Waals surface area contributed by atoms with Crippen LogP contribution in [0.15, 0.2) is 47.4 Å². The number of carbonyl (C=O) groups is 1. The highest BCUT2D eigenvalue weighted by Crippen LogP contribution is 2.10. The molecule has 7 heteroatoms. The number of carbonyl (C=O) groups excluding carboxylic acids is 1. The van der Waals surface area contributed by atoms with E-state index < -0.39 is 6.04 Å². The highest BCUT2D eigenvalue weighted by atomic mass is 19.1. The molecule has 0 bridgehead atoms. The van der Waals surface area contributed by atoms with Gasteiger partial charge in [0.15, 0.2) is 0 Å². The number of benzene rings is 1. The summed E-state index contributed by atoms with van der Waals surface area (Å²) in [6.45, 7) is 2.09. The minimum atomic E-state index is -0.709. The van der Waals surface area contributed by atoms with Gasteiger partial charge in [0.1, 0.15) is 24.2 Å². The number of hydrogen-bond donors (Lipinski definition) is 1. The van der Waals surface area contributed by atoms with Crippen molar-refractivity contribution < 1.29 is 13.9 Å². The molecule has 1 aromatic carbocycles. The van der Waals surface area contributed by atoms with Crippen LogP contribution in [0.2, 0.25) is 0 Å². The quantitative estimate of drug-likeness (QED) is 0.812. The maximum absolute atomic E-state index is 12.7. The number of nitrogens with one attached hydrogen (secondary N) is 1. The molecule has 0 aliphatic rings. The Labute approximate surface area is 126 Å². The monoisotopic (exact) mass is 305 g/mol. The first kappa shape index (κ1) is 15.7. The summed E-state index contributed by atoms with van der Waals surface area (Å²) in [5, 5.41) is 6.51. The highest BCUT2D eigenvalue weighted by molar-refractivity contribution is 5.79. The van der Waals surface area contributed by atoms with Crippen LogP contribution in [-0.2, 0) is 4.79 Å². The second kappa shape index (κ2) is 7.35. The summed E-state index contributed by atoms with van der Waals surface area (Å²) < 4.78 is 19.2. The van der Waals surface area contributed by atoms with Gasteiger partial charge < -0.3 is 10.1 Å². The van der Waals surface area contributed by atoms with E-state index in [1.807, 2.05) is 0 Å². The summed E-state index contributed by atoms with van der Waals surface area (Å²) >= 11 is 0. The molecule has 0 saturated carbocycles. The van der Waals surface area contributed by atoms with Crippen LogP contribution in [-0.4, -0.2) is 28.8 Å². The van der Waals surface area contributed by atoms with Gasteiger partial charge in [-0.15, -0.1) is 0 Å². The topological polar surface area (TPSA) is 73.2 Å². The van der Waals surface area contributed by atoms with Crippen LogP contribution in [0, 0.1) is 5.82 Å². The van der Waals surface area contributed by atoms with E-state index in [1.54, 1.807) is 6.92 Å². The summed E-state index contributed by atoms with van der Waals surface area (Å²) in [6, 6.07) is 7.75. The fourth-order valence-electron chi connectivity index (χ4n) is 1.79. The van der Waals surface area contributed by atoms with Gasteiger partial charge in [-0.2, -0.15) is 5.10 Å². The Morgan fingerprint density at radius 1 is 1.36 bits per heavy atom. The van der Waals surface area contributed by atoms with E-state index in [2.05, 4.69) is 10.4 Å². The van der Waals surface area contributed by atoms with Crippen molar-refractivity contribution in [1.29, 1.82) is 0 Å². The number of nitrogens with zero attached hydrogens (tertiary/aromatic N) is 2. The standard InChI is InChI=1S/C15H16FN3O3/c1-11(19-14(20)3-2-8-18-19)15(21)17-9-10-22-13-6-4-12(16)5-7-13/h2-8,11H,9-10H2,1H3,(H,17,21)/t11-/m0/s1. The molecule has 6 nitrogen and oxygen atoms in total. The van der Waals surface area contributed by atoms with Gasteiger partial charge in [0, 0.05) is 12.3 Å². The lowest BCUT2D eigenvalue weighted by Gasteiger charge is -2.13. The van der Waals surface area contributed by atoms with Crippen molar-refractivity contribution >= 4 is 5.91 Å². The molecule has 0 radical (unpaired) electrons. The third-order valence-corrected chi connectivity index (χ3v) is 2.97. The van der Waals surface area contributed by atoms with Gasteiger partial charge in [-0.05, 0) is 37.3 Å². The molecule has 0 spiro atoms. The SMILES string of the molecule is C[C@@H](C(=O)NCCOc1ccc(F)cc1)n1ncccc1=O. The fraction of sp³-hybridized carbons (Fsp3) is 0.267. The van der Waals surface area contributed by atoms with Crippen molar-refractivity contribution in [1.82, 2.24) is 15.1 Å². The average Bonchev–Trinajstić information content (AvgIpc) is 2.53. The molecule has 116 valence electrons. The predicted molar refractivity (Wildman–Crippen MR) is 78.1 cm³/mol. The first-order valence-electron chi connectivity index (χ1n) is 6.78. The van der Waals surface area contributed by atoms with Gasteiger partial charge >= 0.3 is 0 Å². The number of rotatable bonds is 6. The van der Waals surface area contributed by atoms with Crippen LogP contribution >= 0.6 is 0 Å². The van der Waals surface area contributed by atoms with Crippen molar-refractivity contribution in [2.45, 2.75) is 13.0 Å². The largest absolute Gasteiger partial charge is 0.492 e. The van der Waals surface area contributed by atoms with Crippen LogP contribution < -0.4 is 15.6 Å². The Balaban J connectivity index is 1.79. The molecule has 2 aromatic rings. The van der Waals surface area contributed by atoms with Crippen LogP contribution in [0.5, 0.6) is 5.75 Å². The van der Waals surface area contributed by atoms with E-state index in [4.69, 9.17) is 4.74 Å². The van der Waals surface area contributed by atoms with Crippen LogP contribution in [0.1, 0.15) is 13.0 Å². The smallest absolute Gasteiger partial charge is 0.267 e. The summed E-state index contributed by atoms with van der Waals surface area (Å²) in [4.78, 5) is 23.5. The Morgan fingerprint density at radius 3 is 2.77 bits per heavy atom. The molecule has 0 fully saturated rings. The van der Waals surface area contributed by atoms with E-state index in [1.165, 1.54) is 42.6 Å². The van der Waals surface area contributed by atoms with Gasteiger partial charge in [0.05, 0.1) is 6.54 Å². The second-order valence-corrected chi connectivity index (χ2v) is 4.58. The second-order valence-electron chi connectivity index (χ2n) is 4.58. The molecule has 0 unspecified atom stereocenters. The molecule has 1 amide bonds. The summed E-state index contributed by atoms with van der Waals surface area (Å²) in [5.41, 5.74) is -0.340. The van der Waals surface area contributed by atoms with Crippen molar-refractivity contribution in [3.05, 3.63) is 58.8 Å². The number of hydrogen-bond acceptors (Lipinski definition) is 4. The molecule has 22 heavy (non-hydrogen) atoms. The number of halogens is 1. The number of ether oxygens (including phenoxy) is 1. The minimum Gasteiger partial charge on any atom is -0.492 e. The van der Waals surface area contributed by atoms with E-state index in [9.17, 15) is 14.0 Å². The molecule has 1 heterocycles. The molecule has 0 aliphatic carbocycles. The van der Waals surface area contributed by atoms with Gasteiger partial charge in [-0.1, -0.05) is 0 Å². The predicted octanol–water partition coefficient (Wildman–Crippen LogP) is 1.14. The van der Waals surface area contributed by atoms with Crippen LogP contribution in [0.3, 0.4) is 0 Å². The van der Waals surface area contributed by atoms with Crippen molar-refractivity contribution in [3.8, 4) is 5.75 Å². The zero-order chi connectivity index (χ0) is 15.9. The molecule has 1 aromatic heterocycles. The Kier molecular flexibility index (Phi) is 5.24. The van der Waals surface area contributed by atoms with Crippen LogP contribution in [0.4, 0.5) is 4.39 Å². The van der Waals surface area contributed by atoms with Gasteiger partial charge in [0.2, 0.25) is 5.91 Å². The lowest BCUT2D eigenvalue weighted by atomic mass is 10.3. The van der Waals surface area contributed by atoms with Crippen molar-refractivity contribution in [3.63, 3.8) is 0 Å². The molecule has 1 atom stereocenters. The third-order valence-electron chi connectivity index (χ3n) is 2.97. The molecule has 0 aliphatic heterocycles. The first-order valence-corrected chi connectivity index (χ1v) is 6.78. The third kappa shape index (κ3) is 4.15. The van der Waals surface area contributed by atoms with Crippen molar-refractivity contribution in [2.75, 3.05) is 13.2 Å². The zero-order valence-corrected chi connectivity index (χ0v) is 12.0. The lowest BCUT2D eigenvalue weighted by molar-refractivity contribution is -0.124. The lowest BCUT2D eigenvalue weighted by Crippen LogP contribution is -2.38. The fourth-order valence-corrected chi connectivity index (χ4v) is 1.79. The normalized spacial score (nSPS) is 11.7. The van der Waals surface area contributed by atoms with Gasteiger partial charge in [0.25, 0.3) is 5.56 Å². The Bertz CT molecular complexity index is 685. The molecular weight excluding hydrogens is 289 g/mol. The van der Waals surface area contributed by atoms with E-state index in [0.717, 1.165) is 4.68 Å². The maximum atomic E-state index is 12.7. The molecular formula is C15H16FN3O3. The van der Waals surface area contributed by atoms with Gasteiger partial charge in [-0.25, -0.2) is 9.07 Å². The van der Waals surface area contributed by atoms with E-state index in [-0.39, 0.29) is 30.4 Å². The highest BCUT2D eigenvalue weighted by Gasteiger charge is 2.16. The Hall–Kier alpha value is -2.70. The molecule has 2 rings (SSSR count). The number of amides is 1. The van der Waals surface area contributed by atoms with E-state index >= 15 is 0 Å². The summed E-state index contributed by atoms with van der Waals surface area (Å²) in [6.07, 6.45) is 1.45. The maximum Gasteiger partial charge on any atom is 0.267 e. The zero-order valence-electron chi connectivity index (χ0n) is 12.0. The number of aromatic nitrogens is 2. The van der Waals surface area contributed by atoms with E-state index in [0.29, 0.717) is 5.75 Å². The minimum absolute atomic E-state index is 0.237. The Morgan fingerprint density at radius 2 is 2.09 bits per heavy atom. The molecule has 1 N–H and O–H groups in total.